The van der Waals surface area contributed by atoms with E-state index in [1.165, 1.54) is 28.8 Å². The second kappa shape index (κ2) is 14.2. The molecular weight excluding hydrogens is 546 g/mol. The molecule has 3 aromatic rings. The predicted octanol–water partition coefficient (Wildman–Crippen LogP) is 4.86. The number of sulfonamides is 1. The first kappa shape index (κ1) is 31.0. The average Bonchev–Trinajstić information content (AvgIpc) is 2.95. The molecule has 10 heteroatoms. The Labute approximate surface area is 241 Å². The summed E-state index contributed by atoms with van der Waals surface area (Å²) < 4.78 is 35.0. The highest BCUT2D eigenvalue weighted by atomic mass is 32.2. The Morgan fingerprint density at radius 3 is 2.25 bits per heavy atom. The number of nitrogens with zero attached hydrogens (tertiary/aromatic N) is 2. The van der Waals surface area contributed by atoms with Crippen molar-refractivity contribution in [3.8, 4) is 5.75 Å². The summed E-state index contributed by atoms with van der Waals surface area (Å²) in [6.45, 7) is 7.54. The Hall–Kier alpha value is -3.50. The number of carbonyl (C=O) groups is 2. The van der Waals surface area contributed by atoms with Crippen molar-refractivity contribution in [2.24, 2.45) is 0 Å². The Bertz CT molecular complexity index is 1410. The van der Waals surface area contributed by atoms with Gasteiger partial charge in [-0.1, -0.05) is 36.4 Å². The van der Waals surface area contributed by atoms with E-state index < -0.39 is 28.5 Å². The molecule has 0 unspecified atom stereocenters. The van der Waals surface area contributed by atoms with Gasteiger partial charge >= 0.3 is 0 Å². The smallest absolute Gasteiger partial charge is 0.264 e. The van der Waals surface area contributed by atoms with Crippen LogP contribution in [0.15, 0.2) is 82.6 Å². The van der Waals surface area contributed by atoms with Gasteiger partial charge in [0.05, 0.1) is 17.2 Å². The molecule has 0 spiro atoms. The van der Waals surface area contributed by atoms with Crippen LogP contribution in [0.3, 0.4) is 0 Å². The molecule has 0 aromatic heterocycles. The summed E-state index contributed by atoms with van der Waals surface area (Å²) in [6, 6.07) is 20.0. The van der Waals surface area contributed by atoms with E-state index in [-0.39, 0.29) is 23.0 Å². The molecule has 0 aliphatic rings. The molecule has 0 fully saturated rings. The van der Waals surface area contributed by atoms with Crippen LogP contribution in [0.2, 0.25) is 0 Å². The third-order valence-corrected chi connectivity index (χ3v) is 9.00. The normalized spacial score (nSPS) is 11.9. The Morgan fingerprint density at radius 1 is 0.975 bits per heavy atom. The van der Waals surface area contributed by atoms with Gasteiger partial charge in [-0.05, 0) is 81.5 Å². The Morgan fingerprint density at radius 2 is 1.62 bits per heavy atom. The number of anilines is 1. The fourth-order valence-corrected chi connectivity index (χ4v) is 6.04. The standard InChI is InChI=1S/C30H37N3O5S2/c1-6-31-30(35)23(4)32(20-24-13-9-8-12-22(24)3)29(34)21-33(27-14-10-11-15-28(27)38-7-2)40(36,37)26-18-16-25(39-5)17-19-26/h8-19,23H,6-7,20-21H2,1-5H3,(H,31,35)/t23-/m1/s1. The number of rotatable bonds is 13. The average molecular weight is 584 g/mol. The molecule has 214 valence electrons. The Kier molecular flexibility index (Phi) is 11.0. The lowest BCUT2D eigenvalue weighted by atomic mass is 10.1. The first-order valence-corrected chi connectivity index (χ1v) is 15.8. The SMILES string of the molecule is CCNC(=O)[C@@H](C)N(Cc1ccccc1C)C(=O)CN(c1ccccc1OCC)S(=O)(=O)c1ccc(SC)cc1. The van der Waals surface area contributed by atoms with Crippen molar-refractivity contribution in [1.82, 2.24) is 10.2 Å². The van der Waals surface area contributed by atoms with Gasteiger partial charge in [0, 0.05) is 18.0 Å². The van der Waals surface area contributed by atoms with E-state index in [4.69, 9.17) is 4.74 Å². The van der Waals surface area contributed by atoms with Crippen molar-refractivity contribution in [3.63, 3.8) is 0 Å². The highest BCUT2D eigenvalue weighted by Gasteiger charge is 2.33. The second-order valence-corrected chi connectivity index (χ2v) is 11.8. The number of ether oxygens (including phenoxy) is 1. The number of nitrogens with one attached hydrogen (secondary N) is 1. The van der Waals surface area contributed by atoms with Crippen LogP contribution >= 0.6 is 11.8 Å². The van der Waals surface area contributed by atoms with Gasteiger partial charge in [0.25, 0.3) is 10.0 Å². The molecule has 2 amide bonds. The summed E-state index contributed by atoms with van der Waals surface area (Å²) in [5.41, 5.74) is 2.07. The van der Waals surface area contributed by atoms with Crippen LogP contribution in [0.1, 0.15) is 31.9 Å². The first-order chi connectivity index (χ1) is 19.1. The second-order valence-electron chi connectivity index (χ2n) is 9.11. The van der Waals surface area contributed by atoms with Crippen molar-refractivity contribution < 1.29 is 22.7 Å². The molecule has 0 saturated heterocycles. The summed E-state index contributed by atoms with van der Waals surface area (Å²) in [6.07, 6.45) is 1.91. The maximum Gasteiger partial charge on any atom is 0.264 e. The lowest BCUT2D eigenvalue weighted by Gasteiger charge is -2.32. The van der Waals surface area contributed by atoms with Crippen molar-refractivity contribution in [2.45, 2.75) is 50.1 Å². The van der Waals surface area contributed by atoms with E-state index in [1.54, 1.807) is 57.2 Å². The number of aryl methyl sites for hydroxylation is 1. The predicted molar refractivity (Wildman–Crippen MR) is 160 cm³/mol. The molecule has 1 N–H and O–H groups in total. The number of amides is 2. The maximum absolute atomic E-state index is 14.1. The van der Waals surface area contributed by atoms with Gasteiger partial charge in [-0.2, -0.15) is 0 Å². The van der Waals surface area contributed by atoms with Crippen LogP contribution in [0.25, 0.3) is 0 Å². The van der Waals surface area contributed by atoms with Crippen LogP contribution in [0.4, 0.5) is 5.69 Å². The van der Waals surface area contributed by atoms with Gasteiger partial charge in [-0.25, -0.2) is 8.42 Å². The zero-order chi connectivity index (χ0) is 29.3. The van der Waals surface area contributed by atoms with Crippen LogP contribution in [-0.4, -0.2) is 57.1 Å². The minimum Gasteiger partial charge on any atom is -0.492 e. The molecule has 3 rings (SSSR count). The molecule has 0 bridgehead atoms. The summed E-state index contributed by atoms with van der Waals surface area (Å²) in [5, 5.41) is 2.77. The third-order valence-electron chi connectivity index (χ3n) is 6.48. The van der Waals surface area contributed by atoms with Gasteiger partial charge in [-0.3, -0.25) is 13.9 Å². The minimum atomic E-state index is -4.19. The topological polar surface area (TPSA) is 96.0 Å². The Balaban J connectivity index is 2.09. The number of hydrogen-bond donors (Lipinski definition) is 1. The minimum absolute atomic E-state index is 0.0478. The molecule has 1 atom stereocenters. The number of benzene rings is 3. The zero-order valence-electron chi connectivity index (χ0n) is 23.6. The molecule has 0 heterocycles. The van der Waals surface area contributed by atoms with E-state index in [0.717, 1.165) is 20.3 Å². The number of likely N-dealkylation sites (N-methyl/N-ethyl adjacent to an activating group) is 1. The van der Waals surface area contributed by atoms with E-state index in [2.05, 4.69) is 5.32 Å². The van der Waals surface area contributed by atoms with Crippen molar-refractivity contribution in [2.75, 3.05) is 30.3 Å². The lowest BCUT2D eigenvalue weighted by Crippen LogP contribution is -2.51. The molecule has 0 aliphatic carbocycles. The van der Waals surface area contributed by atoms with Crippen LogP contribution in [0.5, 0.6) is 5.75 Å². The van der Waals surface area contributed by atoms with E-state index in [1.807, 2.05) is 37.4 Å². The van der Waals surface area contributed by atoms with E-state index in [0.29, 0.717) is 18.9 Å². The summed E-state index contributed by atoms with van der Waals surface area (Å²) >= 11 is 1.50. The fraction of sp³-hybridized carbons (Fsp3) is 0.333. The van der Waals surface area contributed by atoms with Crippen molar-refractivity contribution >= 4 is 39.3 Å². The van der Waals surface area contributed by atoms with Gasteiger partial charge in [0.15, 0.2) is 0 Å². The monoisotopic (exact) mass is 583 g/mol. The highest BCUT2D eigenvalue weighted by Crippen LogP contribution is 2.33. The van der Waals surface area contributed by atoms with Gasteiger partial charge in [-0.15, -0.1) is 11.8 Å². The summed E-state index contributed by atoms with van der Waals surface area (Å²) in [4.78, 5) is 29.3. The molecule has 40 heavy (non-hydrogen) atoms. The number of para-hydroxylation sites is 2. The molecule has 0 radical (unpaired) electrons. The fourth-order valence-electron chi connectivity index (χ4n) is 4.20. The van der Waals surface area contributed by atoms with Gasteiger partial charge < -0.3 is 15.0 Å². The first-order valence-electron chi connectivity index (χ1n) is 13.1. The molecule has 0 saturated carbocycles. The maximum atomic E-state index is 14.1. The van der Waals surface area contributed by atoms with Crippen LogP contribution in [0, 0.1) is 6.92 Å². The quantitative estimate of drug-likeness (QED) is 0.289. The summed E-state index contributed by atoms with van der Waals surface area (Å²) in [7, 11) is -4.19. The third kappa shape index (κ3) is 7.37. The highest BCUT2D eigenvalue weighted by molar-refractivity contribution is 7.98. The molecule has 0 aliphatic heterocycles. The van der Waals surface area contributed by atoms with Crippen LogP contribution < -0.4 is 14.4 Å². The van der Waals surface area contributed by atoms with E-state index >= 15 is 0 Å². The number of thioether (sulfide) groups is 1. The van der Waals surface area contributed by atoms with Gasteiger partial charge in [0.2, 0.25) is 11.8 Å². The van der Waals surface area contributed by atoms with Crippen molar-refractivity contribution in [3.05, 3.63) is 83.9 Å². The molecule has 8 nitrogen and oxygen atoms in total. The van der Waals surface area contributed by atoms with E-state index in [9.17, 15) is 18.0 Å². The molecular formula is C30H37N3O5S2. The summed E-state index contributed by atoms with van der Waals surface area (Å²) in [5.74, 6) is -0.497. The van der Waals surface area contributed by atoms with Crippen molar-refractivity contribution in [1.29, 1.82) is 0 Å². The largest absolute Gasteiger partial charge is 0.492 e. The van der Waals surface area contributed by atoms with Crippen LogP contribution in [-0.2, 0) is 26.2 Å². The van der Waals surface area contributed by atoms with Gasteiger partial charge in [0.1, 0.15) is 18.3 Å². The zero-order valence-corrected chi connectivity index (χ0v) is 25.2. The lowest BCUT2D eigenvalue weighted by molar-refractivity contribution is -0.139. The number of carbonyl (C=O) groups excluding carboxylic acids is 2. The molecule has 3 aromatic carbocycles. The number of hydrogen-bond acceptors (Lipinski definition) is 6.